The number of pyridine rings is 1. The van der Waals surface area contributed by atoms with Gasteiger partial charge in [-0.15, -0.1) is 0 Å². The molecule has 7 nitrogen and oxygen atoms in total. The van der Waals surface area contributed by atoms with Crippen LogP contribution in [0.4, 0.5) is 0 Å². The molecule has 1 aliphatic heterocycles. The highest BCUT2D eigenvalue weighted by Crippen LogP contribution is 2.39. The largest absolute Gasteiger partial charge is 0.493 e. The number of benzene rings is 1. The first-order valence-corrected chi connectivity index (χ1v) is 9.84. The first-order valence-electron chi connectivity index (χ1n) is 9.46. The van der Waals surface area contributed by atoms with Crippen molar-refractivity contribution in [3.63, 3.8) is 0 Å². The Morgan fingerprint density at radius 3 is 3.00 bits per heavy atom. The number of nitrogens with zero attached hydrogens (tertiary/aromatic N) is 5. The van der Waals surface area contributed by atoms with Gasteiger partial charge in [0.25, 0.3) is 0 Å². The Bertz CT molecular complexity index is 1170. The Kier molecular flexibility index (Phi) is 4.52. The van der Waals surface area contributed by atoms with Crippen molar-refractivity contribution in [2.45, 2.75) is 25.8 Å². The molecule has 0 radical (unpaired) electrons. The van der Waals surface area contributed by atoms with E-state index in [2.05, 4.69) is 29.9 Å². The van der Waals surface area contributed by atoms with Crippen LogP contribution in [0.1, 0.15) is 23.6 Å². The summed E-state index contributed by atoms with van der Waals surface area (Å²) in [5.74, 6) is 1.16. The molecule has 1 N–H and O–H groups in total. The molecule has 0 spiro atoms. The molecule has 8 heteroatoms. The molecule has 3 aromatic heterocycles. The number of aromatic nitrogens is 6. The molecule has 0 saturated heterocycles. The Balaban J connectivity index is 1.41. The van der Waals surface area contributed by atoms with Gasteiger partial charge in [0.2, 0.25) is 0 Å². The third-order valence-electron chi connectivity index (χ3n) is 5.23. The zero-order chi connectivity index (χ0) is 19.8. The van der Waals surface area contributed by atoms with Crippen molar-refractivity contribution in [1.29, 1.82) is 0 Å². The van der Waals surface area contributed by atoms with Crippen LogP contribution >= 0.6 is 11.6 Å². The van der Waals surface area contributed by atoms with E-state index in [0.717, 1.165) is 57.6 Å². The summed E-state index contributed by atoms with van der Waals surface area (Å²) in [5.41, 5.74) is 5.33. The van der Waals surface area contributed by atoms with E-state index in [1.807, 2.05) is 49.8 Å². The van der Waals surface area contributed by atoms with Gasteiger partial charge in [-0.3, -0.25) is 4.98 Å². The Morgan fingerprint density at radius 2 is 2.14 bits per heavy atom. The van der Waals surface area contributed by atoms with E-state index in [1.54, 1.807) is 6.20 Å². The molecular formula is C21H19ClN6O. The second kappa shape index (κ2) is 7.33. The molecular weight excluding hydrogens is 388 g/mol. The molecule has 0 saturated carbocycles. The summed E-state index contributed by atoms with van der Waals surface area (Å²) in [6, 6.07) is 9.73. The molecule has 0 unspecified atom stereocenters. The van der Waals surface area contributed by atoms with Crippen molar-refractivity contribution in [3.05, 3.63) is 65.3 Å². The van der Waals surface area contributed by atoms with Crippen LogP contribution in [0.15, 0.2) is 49.1 Å². The maximum atomic E-state index is 6.45. The average molecular weight is 407 g/mol. The van der Waals surface area contributed by atoms with Crippen LogP contribution < -0.4 is 4.74 Å². The number of aryl methyl sites for hydroxylation is 1. The predicted octanol–water partition coefficient (Wildman–Crippen LogP) is 4.26. The molecule has 0 amide bonds. The van der Waals surface area contributed by atoms with Crippen LogP contribution in [-0.2, 0) is 6.54 Å². The molecule has 5 rings (SSSR count). The van der Waals surface area contributed by atoms with Gasteiger partial charge in [-0.2, -0.15) is 15.4 Å². The molecule has 0 aliphatic carbocycles. The van der Waals surface area contributed by atoms with Gasteiger partial charge in [-0.1, -0.05) is 17.7 Å². The number of rotatable bonds is 4. The van der Waals surface area contributed by atoms with Crippen LogP contribution in [0.2, 0.25) is 5.02 Å². The number of imidazole rings is 1. The molecule has 1 atom stereocenters. The number of nitrogens with one attached hydrogen (secondary N) is 1. The summed E-state index contributed by atoms with van der Waals surface area (Å²) in [6.07, 6.45) is 6.56. The normalized spacial score (nSPS) is 15.7. The highest BCUT2D eigenvalue weighted by Gasteiger charge is 2.24. The average Bonchev–Trinajstić information content (AvgIpc) is 3.37. The summed E-state index contributed by atoms with van der Waals surface area (Å²) in [4.78, 5) is 9.05. The van der Waals surface area contributed by atoms with Crippen LogP contribution in [0, 0.1) is 6.92 Å². The van der Waals surface area contributed by atoms with Crippen LogP contribution in [0.5, 0.6) is 5.75 Å². The lowest BCUT2D eigenvalue weighted by molar-refractivity contribution is 0.259. The molecule has 4 heterocycles. The highest BCUT2D eigenvalue weighted by molar-refractivity contribution is 6.31. The predicted molar refractivity (Wildman–Crippen MR) is 110 cm³/mol. The maximum Gasteiger partial charge on any atom is 0.124 e. The van der Waals surface area contributed by atoms with Gasteiger partial charge >= 0.3 is 0 Å². The van der Waals surface area contributed by atoms with Gasteiger partial charge in [0.15, 0.2) is 0 Å². The summed E-state index contributed by atoms with van der Waals surface area (Å²) in [7, 11) is 0. The zero-order valence-electron chi connectivity index (χ0n) is 15.8. The van der Waals surface area contributed by atoms with Gasteiger partial charge in [0.05, 0.1) is 24.3 Å². The topological polar surface area (TPSA) is 81.5 Å². The van der Waals surface area contributed by atoms with Crippen molar-refractivity contribution in [2.75, 3.05) is 6.61 Å². The second-order valence-corrected chi connectivity index (χ2v) is 7.54. The monoisotopic (exact) mass is 406 g/mol. The van der Waals surface area contributed by atoms with E-state index in [1.165, 1.54) is 0 Å². The van der Waals surface area contributed by atoms with Crippen molar-refractivity contribution < 1.29 is 4.74 Å². The van der Waals surface area contributed by atoms with Crippen molar-refractivity contribution in [1.82, 2.24) is 29.9 Å². The standard InChI is InChI=1S/C21H19ClN6O/c1-13-21(26-27-25-13)14-5-7-23-17(9-14)18-11-28(12-24-18)10-15-6-8-29-19-4-2-3-16(22)20(15)19/h2-5,7,9,11-12,15H,6,8,10H2,1H3,(H,25,26,27)/t15-/m0/s1. The first-order chi connectivity index (χ1) is 14.2. The Labute approximate surface area is 172 Å². The molecule has 4 aromatic rings. The third kappa shape index (κ3) is 3.38. The van der Waals surface area contributed by atoms with E-state index in [0.29, 0.717) is 6.61 Å². The minimum absolute atomic E-state index is 0.284. The van der Waals surface area contributed by atoms with Crippen molar-refractivity contribution >= 4 is 11.6 Å². The fraction of sp³-hybridized carbons (Fsp3) is 0.238. The maximum absolute atomic E-state index is 6.45. The molecule has 1 aromatic carbocycles. The van der Waals surface area contributed by atoms with Crippen LogP contribution in [0.25, 0.3) is 22.6 Å². The summed E-state index contributed by atoms with van der Waals surface area (Å²) in [6.45, 7) is 3.40. The highest BCUT2D eigenvalue weighted by atomic mass is 35.5. The fourth-order valence-electron chi connectivity index (χ4n) is 3.80. The smallest absolute Gasteiger partial charge is 0.124 e. The summed E-state index contributed by atoms with van der Waals surface area (Å²) < 4.78 is 7.86. The molecule has 1 aliphatic rings. The van der Waals surface area contributed by atoms with Crippen molar-refractivity contribution in [2.24, 2.45) is 0 Å². The number of hydrogen-bond donors (Lipinski definition) is 1. The van der Waals surface area contributed by atoms with E-state index in [9.17, 15) is 0 Å². The SMILES string of the molecule is Cc1n[nH]nc1-c1ccnc(-c2cn(C[C@@H]3CCOc4cccc(Cl)c43)cn2)c1. The summed E-state index contributed by atoms with van der Waals surface area (Å²) in [5, 5.41) is 11.7. The molecule has 146 valence electrons. The fourth-order valence-corrected chi connectivity index (χ4v) is 4.12. The van der Waals surface area contributed by atoms with Crippen LogP contribution in [-0.4, -0.2) is 36.6 Å². The lowest BCUT2D eigenvalue weighted by atomic mass is 9.93. The van der Waals surface area contributed by atoms with Gasteiger partial charge in [-0.25, -0.2) is 4.98 Å². The summed E-state index contributed by atoms with van der Waals surface area (Å²) >= 11 is 6.45. The molecule has 0 bridgehead atoms. The minimum atomic E-state index is 0.284. The second-order valence-electron chi connectivity index (χ2n) is 7.13. The number of fused-ring (bicyclic) bond motifs is 1. The van der Waals surface area contributed by atoms with Crippen LogP contribution in [0.3, 0.4) is 0 Å². The Morgan fingerprint density at radius 1 is 1.21 bits per heavy atom. The number of aromatic amines is 1. The number of halogens is 1. The minimum Gasteiger partial charge on any atom is -0.493 e. The third-order valence-corrected chi connectivity index (χ3v) is 5.56. The molecule has 0 fully saturated rings. The first kappa shape index (κ1) is 17.9. The number of H-pyrrole nitrogens is 1. The number of ether oxygens (including phenoxy) is 1. The quantitative estimate of drug-likeness (QED) is 0.547. The van der Waals surface area contributed by atoms with Gasteiger partial charge < -0.3 is 9.30 Å². The van der Waals surface area contributed by atoms with Gasteiger partial charge in [0, 0.05) is 41.0 Å². The lowest BCUT2D eigenvalue weighted by Gasteiger charge is -2.27. The van der Waals surface area contributed by atoms with Crippen molar-refractivity contribution in [3.8, 4) is 28.4 Å². The zero-order valence-corrected chi connectivity index (χ0v) is 16.6. The van der Waals surface area contributed by atoms with E-state index >= 15 is 0 Å². The van der Waals surface area contributed by atoms with E-state index in [-0.39, 0.29) is 5.92 Å². The lowest BCUT2D eigenvalue weighted by Crippen LogP contribution is -2.18. The van der Waals surface area contributed by atoms with E-state index < -0.39 is 0 Å². The van der Waals surface area contributed by atoms with Gasteiger partial charge in [0.1, 0.15) is 17.1 Å². The molecule has 29 heavy (non-hydrogen) atoms. The number of hydrogen-bond acceptors (Lipinski definition) is 5. The van der Waals surface area contributed by atoms with Gasteiger partial charge in [-0.05, 0) is 37.6 Å². The van der Waals surface area contributed by atoms with E-state index in [4.69, 9.17) is 16.3 Å². The Hall–Kier alpha value is -3.19.